The summed E-state index contributed by atoms with van der Waals surface area (Å²) in [7, 11) is 0. The molecule has 0 aliphatic carbocycles. The van der Waals surface area contributed by atoms with Gasteiger partial charge in [0.2, 0.25) is 0 Å². The Balaban J connectivity index is 2.84. The molecule has 0 spiro atoms. The quantitative estimate of drug-likeness (QED) is 0.652. The van der Waals surface area contributed by atoms with Gasteiger partial charge in [0.1, 0.15) is 0 Å². The van der Waals surface area contributed by atoms with Crippen molar-refractivity contribution in [3.8, 4) is 0 Å². The van der Waals surface area contributed by atoms with Crippen LogP contribution in [0, 0.1) is 0 Å². The van der Waals surface area contributed by atoms with E-state index in [1.807, 2.05) is 5.38 Å². The van der Waals surface area contributed by atoms with E-state index in [1.54, 1.807) is 0 Å². The van der Waals surface area contributed by atoms with Crippen molar-refractivity contribution in [2.24, 2.45) is 0 Å². The Morgan fingerprint density at radius 1 is 1.88 bits per heavy atom. The molecule has 8 heavy (non-hydrogen) atoms. The molecular weight excluding hydrogens is 209 g/mol. The number of hydrogen-bond acceptors (Lipinski definition) is 2. The van der Waals surface area contributed by atoms with Crippen LogP contribution in [0.15, 0.2) is 5.38 Å². The summed E-state index contributed by atoms with van der Waals surface area (Å²) in [4.78, 5) is 3.97. The van der Waals surface area contributed by atoms with E-state index < -0.39 is 0 Å². The van der Waals surface area contributed by atoms with Crippen molar-refractivity contribution in [2.75, 3.05) is 0 Å². The zero-order chi connectivity index (χ0) is 5.98. The molecule has 0 aliphatic rings. The third kappa shape index (κ3) is 1.44. The molecular formula is C4H3BrClNS. The van der Waals surface area contributed by atoms with Crippen molar-refractivity contribution >= 4 is 38.9 Å². The van der Waals surface area contributed by atoms with Gasteiger partial charge in [-0.05, 0) is 0 Å². The van der Waals surface area contributed by atoms with Crippen molar-refractivity contribution in [1.29, 1.82) is 0 Å². The van der Waals surface area contributed by atoms with Crippen LogP contribution in [0.4, 0.5) is 0 Å². The van der Waals surface area contributed by atoms with Crippen LogP contribution < -0.4 is 0 Å². The number of nitrogens with zero attached hydrogens (tertiary/aromatic N) is 1. The average Bonchev–Trinajstić information content (AvgIpc) is 2.14. The van der Waals surface area contributed by atoms with Crippen molar-refractivity contribution in [3.05, 3.63) is 15.5 Å². The van der Waals surface area contributed by atoms with Gasteiger partial charge >= 0.3 is 0 Å². The minimum atomic E-state index is 0.611. The van der Waals surface area contributed by atoms with E-state index in [2.05, 4.69) is 20.9 Å². The number of alkyl halides is 1. The van der Waals surface area contributed by atoms with Gasteiger partial charge in [0.15, 0.2) is 4.47 Å². The summed E-state index contributed by atoms with van der Waals surface area (Å²) in [6, 6.07) is 0. The van der Waals surface area contributed by atoms with Gasteiger partial charge in [-0.25, -0.2) is 4.98 Å². The fraction of sp³-hybridized carbons (Fsp3) is 0.250. The number of thiazole rings is 1. The lowest BCUT2D eigenvalue weighted by molar-refractivity contribution is 1.25. The standard InChI is InChI=1S/C4H3BrClNS/c5-1-3-2-8-4(6)7-3/h2H,1H2. The number of hydrogen-bond donors (Lipinski definition) is 0. The fourth-order valence-corrected chi connectivity index (χ4v) is 1.63. The van der Waals surface area contributed by atoms with Crippen molar-refractivity contribution in [2.45, 2.75) is 5.33 Å². The smallest absolute Gasteiger partial charge is 0.183 e. The van der Waals surface area contributed by atoms with Crippen molar-refractivity contribution < 1.29 is 0 Å². The Morgan fingerprint density at radius 3 is 2.88 bits per heavy atom. The molecule has 0 radical (unpaired) electrons. The summed E-state index contributed by atoms with van der Waals surface area (Å²) in [6.07, 6.45) is 0. The van der Waals surface area contributed by atoms with E-state index in [0.29, 0.717) is 4.47 Å². The molecule has 1 aromatic heterocycles. The van der Waals surface area contributed by atoms with Gasteiger partial charge in [-0.15, -0.1) is 11.3 Å². The van der Waals surface area contributed by atoms with Gasteiger partial charge in [0.05, 0.1) is 5.69 Å². The highest BCUT2D eigenvalue weighted by Crippen LogP contribution is 2.16. The summed E-state index contributed by atoms with van der Waals surface area (Å²) < 4.78 is 0.611. The Labute approximate surface area is 64.8 Å². The Hall–Kier alpha value is 0.400. The highest BCUT2D eigenvalue weighted by Gasteiger charge is 1.94. The molecule has 0 saturated heterocycles. The molecule has 0 atom stereocenters. The highest BCUT2D eigenvalue weighted by molar-refractivity contribution is 9.08. The molecule has 0 N–H and O–H groups in total. The molecule has 44 valence electrons. The minimum absolute atomic E-state index is 0.611. The van der Waals surface area contributed by atoms with Gasteiger partial charge in [-0.2, -0.15) is 0 Å². The van der Waals surface area contributed by atoms with E-state index in [4.69, 9.17) is 11.6 Å². The molecule has 1 nitrogen and oxygen atoms in total. The number of rotatable bonds is 1. The monoisotopic (exact) mass is 211 g/mol. The molecule has 0 saturated carbocycles. The second-order valence-electron chi connectivity index (χ2n) is 1.23. The molecule has 4 heteroatoms. The first-order chi connectivity index (χ1) is 3.83. The molecule has 0 fully saturated rings. The fourth-order valence-electron chi connectivity index (χ4n) is 0.344. The van der Waals surface area contributed by atoms with Crippen molar-refractivity contribution in [3.63, 3.8) is 0 Å². The molecule has 1 heterocycles. The summed E-state index contributed by atoms with van der Waals surface area (Å²) in [5.41, 5.74) is 1.00. The average molecular weight is 212 g/mol. The third-order valence-electron chi connectivity index (χ3n) is 0.661. The zero-order valence-corrected chi connectivity index (χ0v) is 7.05. The molecule has 0 unspecified atom stereocenters. The zero-order valence-electron chi connectivity index (χ0n) is 3.90. The summed E-state index contributed by atoms with van der Waals surface area (Å²) in [5.74, 6) is 0. The second kappa shape index (κ2) is 2.80. The first-order valence-corrected chi connectivity index (χ1v) is 4.36. The summed E-state index contributed by atoms with van der Waals surface area (Å²) in [5, 5.41) is 2.72. The highest BCUT2D eigenvalue weighted by atomic mass is 79.9. The van der Waals surface area contributed by atoms with Gasteiger partial charge in [-0.3, -0.25) is 0 Å². The SMILES string of the molecule is Clc1nc(CBr)cs1. The van der Waals surface area contributed by atoms with Crippen LogP contribution in [0.25, 0.3) is 0 Å². The number of aromatic nitrogens is 1. The van der Waals surface area contributed by atoms with Crippen LogP contribution in [0.2, 0.25) is 4.47 Å². The van der Waals surface area contributed by atoms with Crippen LogP contribution in [0.3, 0.4) is 0 Å². The van der Waals surface area contributed by atoms with Gasteiger partial charge in [0, 0.05) is 10.7 Å². The number of halogens is 2. The largest absolute Gasteiger partial charge is 0.229 e. The van der Waals surface area contributed by atoms with Gasteiger partial charge < -0.3 is 0 Å². The van der Waals surface area contributed by atoms with Gasteiger partial charge in [0.25, 0.3) is 0 Å². The summed E-state index contributed by atoms with van der Waals surface area (Å²) >= 11 is 10.2. The van der Waals surface area contributed by atoms with Crippen LogP contribution in [0.5, 0.6) is 0 Å². The van der Waals surface area contributed by atoms with E-state index in [9.17, 15) is 0 Å². The molecule has 0 aliphatic heterocycles. The molecule has 0 amide bonds. The Kier molecular flexibility index (Phi) is 2.28. The third-order valence-corrected chi connectivity index (χ3v) is 2.26. The molecule has 0 bridgehead atoms. The van der Waals surface area contributed by atoms with Crippen LogP contribution in [-0.2, 0) is 5.33 Å². The lowest BCUT2D eigenvalue weighted by atomic mass is 10.6. The maximum absolute atomic E-state index is 5.53. The van der Waals surface area contributed by atoms with E-state index >= 15 is 0 Å². The Morgan fingerprint density at radius 2 is 2.62 bits per heavy atom. The van der Waals surface area contributed by atoms with Gasteiger partial charge in [-0.1, -0.05) is 27.5 Å². The Bertz CT molecular complexity index is 176. The van der Waals surface area contributed by atoms with Crippen LogP contribution in [-0.4, -0.2) is 4.98 Å². The molecule has 1 rings (SSSR count). The summed E-state index contributed by atoms with van der Waals surface area (Å²) in [6.45, 7) is 0. The lowest BCUT2D eigenvalue weighted by Crippen LogP contribution is -1.71. The predicted molar refractivity (Wildman–Crippen MR) is 39.8 cm³/mol. The van der Waals surface area contributed by atoms with E-state index in [0.717, 1.165) is 11.0 Å². The van der Waals surface area contributed by atoms with Crippen LogP contribution >= 0.6 is 38.9 Å². The second-order valence-corrected chi connectivity index (χ2v) is 3.23. The maximum Gasteiger partial charge on any atom is 0.183 e. The predicted octanol–water partition coefficient (Wildman–Crippen LogP) is 2.69. The normalized spacial score (nSPS) is 9.75. The topological polar surface area (TPSA) is 12.9 Å². The first-order valence-electron chi connectivity index (χ1n) is 1.99. The minimum Gasteiger partial charge on any atom is -0.229 e. The molecule has 0 aromatic carbocycles. The lowest BCUT2D eigenvalue weighted by Gasteiger charge is -1.77. The maximum atomic E-state index is 5.53. The molecule has 1 aromatic rings. The van der Waals surface area contributed by atoms with E-state index in [1.165, 1.54) is 11.3 Å². The van der Waals surface area contributed by atoms with Crippen LogP contribution in [0.1, 0.15) is 5.69 Å². The first kappa shape index (κ1) is 6.52. The van der Waals surface area contributed by atoms with Crippen molar-refractivity contribution in [1.82, 2.24) is 4.98 Å². The van der Waals surface area contributed by atoms with E-state index in [-0.39, 0.29) is 0 Å².